The summed E-state index contributed by atoms with van der Waals surface area (Å²) in [6.07, 6.45) is 4.64. The zero-order valence-electron chi connectivity index (χ0n) is 11.1. The minimum Gasteiger partial charge on any atom is -0.496 e. The van der Waals surface area contributed by atoms with Gasteiger partial charge in [-0.25, -0.2) is 4.98 Å². The molecule has 0 aliphatic rings. The van der Waals surface area contributed by atoms with Crippen LogP contribution in [0.25, 0.3) is 5.69 Å². The first-order chi connectivity index (χ1) is 8.69. The second kappa shape index (κ2) is 5.23. The van der Waals surface area contributed by atoms with Gasteiger partial charge < -0.3 is 15.0 Å². The normalized spacial score (nSPS) is 12.4. The summed E-state index contributed by atoms with van der Waals surface area (Å²) in [5.74, 6) is 1.84. The number of aromatic nitrogens is 2. The molecule has 0 bridgehead atoms. The number of nitrogens with two attached hydrogens (primary N) is 1. The van der Waals surface area contributed by atoms with Crippen LogP contribution >= 0.6 is 0 Å². The first-order valence-electron chi connectivity index (χ1n) is 6.14. The van der Waals surface area contributed by atoms with Crippen molar-refractivity contribution in [1.29, 1.82) is 0 Å². The summed E-state index contributed by atoms with van der Waals surface area (Å²) < 4.78 is 7.48. The summed E-state index contributed by atoms with van der Waals surface area (Å²) in [7, 11) is 1.67. The van der Waals surface area contributed by atoms with Gasteiger partial charge in [-0.1, -0.05) is 13.0 Å². The van der Waals surface area contributed by atoms with Gasteiger partial charge in [0.05, 0.1) is 12.8 Å². The Kier molecular flexibility index (Phi) is 3.67. The van der Waals surface area contributed by atoms with Gasteiger partial charge in [0, 0.05) is 30.4 Å². The van der Waals surface area contributed by atoms with Gasteiger partial charge in [-0.15, -0.1) is 0 Å². The molecular weight excluding hydrogens is 226 g/mol. The lowest BCUT2D eigenvalue weighted by Gasteiger charge is -2.18. The number of nitrogens with zero attached hydrogens (tertiary/aromatic N) is 2. The van der Waals surface area contributed by atoms with E-state index in [1.807, 2.05) is 37.5 Å². The number of hydrogen-bond donors (Lipinski definition) is 1. The molecule has 1 aromatic heterocycles. The van der Waals surface area contributed by atoms with E-state index in [2.05, 4.69) is 16.5 Å². The molecule has 0 saturated carbocycles. The van der Waals surface area contributed by atoms with E-state index in [-0.39, 0.29) is 6.04 Å². The Bertz CT molecular complexity index is 532. The summed E-state index contributed by atoms with van der Waals surface area (Å²) in [5.41, 5.74) is 8.12. The highest BCUT2D eigenvalue weighted by Gasteiger charge is 2.15. The van der Waals surface area contributed by atoms with Gasteiger partial charge in [-0.05, 0) is 19.1 Å². The van der Waals surface area contributed by atoms with Crippen LogP contribution in [-0.4, -0.2) is 16.7 Å². The first kappa shape index (κ1) is 12.6. The molecule has 0 saturated heterocycles. The number of imidazole rings is 1. The van der Waals surface area contributed by atoms with Crippen LogP contribution in [0.3, 0.4) is 0 Å². The quantitative estimate of drug-likeness (QED) is 0.900. The van der Waals surface area contributed by atoms with Gasteiger partial charge >= 0.3 is 0 Å². The first-order valence-corrected chi connectivity index (χ1v) is 6.14. The van der Waals surface area contributed by atoms with Gasteiger partial charge in [0.25, 0.3) is 0 Å². The molecule has 0 radical (unpaired) electrons. The van der Waals surface area contributed by atoms with E-state index in [0.717, 1.165) is 29.2 Å². The largest absolute Gasteiger partial charge is 0.496 e. The summed E-state index contributed by atoms with van der Waals surface area (Å²) >= 11 is 0. The van der Waals surface area contributed by atoms with Crippen molar-refractivity contribution in [2.45, 2.75) is 26.3 Å². The van der Waals surface area contributed by atoms with Crippen molar-refractivity contribution in [2.24, 2.45) is 5.73 Å². The van der Waals surface area contributed by atoms with Crippen molar-refractivity contribution in [3.63, 3.8) is 0 Å². The van der Waals surface area contributed by atoms with Gasteiger partial charge in [0.15, 0.2) is 0 Å². The molecule has 2 N–H and O–H groups in total. The zero-order valence-corrected chi connectivity index (χ0v) is 11.1. The second-order valence-electron chi connectivity index (χ2n) is 4.25. The third-order valence-electron chi connectivity index (χ3n) is 3.01. The molecule has 1 aromatic carbocycles. The van der Waals surface area contributed by atoms with E-state index in [4.69, 9.17) is 10.5 Å². The lowest BCUT2D eigenvalue weighted by molar-refractivity contribution is 0.406. The van der Waals surface area contributed by atoms with Crippen LogP contribution in [0.4, 0.5) is 0 Å². The van der Waals surface area contributed by atoms with E-state index in [0.29, 0.717) is 0 Å². The van der Waals surface area contributed by atoms with Crippen molar-refractivity contribution >= 4 is 0 Å². The third kappa shape index (κ3) is 2.11. The molecule has 18 heavy (non-hydrogen) atoms. The predicted octanol–water partition coefficient (Wildman–Crippen LogP) is 2.46. The van der Waals surface area contributed by atoms with Crippen molar-refractivity contribution in [3.05, 3.63) is 42.0 Å². The number of hydrogen-bond acceptors (Lipinski definition) is 3. The van der Waals surface area contributed by atoms with Crippen LogP contribution in [-0.2, 0) is 6.42 Å². The van der Waals surface area contributed by atoms with E-state index in [1.165, 1.54) is 0 Å². The molecule has 4 nitrogen and oxygen atoms in total. The smallest absolute Gasteiger partial charge is 0.125 e. The summed E-state index contributed by atoms with van der Waals surface area (Å²) in [6, 6.07) is 5.86. The highest BCUT2D eigenvalue weighted by atomic mass is 16.5. The average molecular weight is 245 g/mol. The SMILES string of the molecule is CCc1nccn1-c1cccc(OC)c1[C@@H](C)N. The Labute approximate surface area is 107 Å². The van der Waals surface area contributed by atoms with Crippen LogP contribution in [0.1, 0.15) is 31.3 Å². The number of rotatable bonds is 4. The fourth-order valence-electron chi connectivity index (χ4n) is 2.19. The molecular formula is C14H19N3O. The highest BCUT2D eigenvalue weighted by molar-refractivity contribution is 5.52. The van der Waals surface area contributed by atoms with Crippen molar-refractivity contribution in [2.75, 3.05) is 7.11 Å². The molecule has 2 aromatic rings. The van der Waals surface area contributed by atoms with Crippen LogP contribution in [0.5, 0.6) is 5.75 Å². The second-order valence-corrected chi connectivity index (χ2v) is 4.25. The highest BCUT2D eigenvalue weighted by Crippen LogP contribution is 2.30. The maximum absolute atomic E-state index is 6.07. The molecule has 0 amide bonds. The van der Waals surface area contributed by atoms with Crippen LogP contribution in [0.15, 0.2) is 30.6 Å². The fourth-order valence-corrected chi connectivity index (χ4v) is 2.19. The number of benzene rings is 1. The van der Waals surface area contributed by atoms with Gasteiger partial charge in [0.2, 0.25) is 0 Å². The molecule has 0 aliphatic heterocycles. The summed E-state index contributed by atoms with van der Waals surface area (Å²) in [5, 5.41) is 0. The molecule has 1 atom stereocenters. The van der Waals surface area contributed by atoms with E-state index < -0.39 is 0 Å². The Morgan fingerprint density at radius 2 is 2.22 bits per heavy atom. The number of methoxy groups -OCH3 is 1. The molecule has 0 unspecified atom stereocenters. The number of ether oxygens (including phenoxy) is 1. The van der Waals surface area contributed by atoms with Crippen LogP contribution in [0.2, 0.25) is 0 Å². The lowest BCUT2D eigenvalue weighted by Crippen LogP contribution is -2.12. The Balaban J connectivity index is 2.64. The van der Waals surface area contributed by atoms with Crippen LogP contribution in [0, 0.1) is 0 Å². The summed E-state index contributed by atoms with van der Waals surface area (Å²) in [4.78, 5) is 4.35. The molecule has 0 fully saturated rings. The topological polar surface area (TPSA) is 53.1 Å². The standard InChI is InChI=1S/C14H19N3O/c1-4-13-16-8-9-17(13)11-6-5-7-12(18-3)14(11)10(2)15/h5-10H,4,15H2,1-3H3/t10-/m1/s1. The van der Waals surface area contributed by atoms with Gasteiger partial charge in [-0.2, -0.15) is 0 Å². The monoisotopic (exact) mass is 245 g/mol. The zero-order chi connectivity index (χ0) is 13.1. The van der Waals surface area contributed by atoms with E-state index in [9.17, 15) is 0 Å². The van der Waals surface area contributed by atoms with Gasteiger partial charge in [-0.3, -0.25) is 0 Å². The molecule has 1 heterocycles. The lowest BCUT2D eigenvalue weighted by atomic mass is 10.0. The van der Waals surface area contributed by atoms with Gasteiger partial charge in [0.1, 0.15) is 11.6 Å². The Hall–Kier alpha value is -1.81. The van der Waals surface area contributed by atoms with Crippen molar-refractivity contribution < 1.29 is 4.74 Å². The summed E-state index contributed by atoms with van der Waals surface area (Å²) in [6.45, 7) is 4.05. The fraction of sp³-hybridized carbons (Fsp3) is 0.357. The Morgan fingerprint density at radius 1 is 1.44 bits per heavy atom. The average Bonchev–Trinajstić information content (AvgIpc) is 2.85. The molecule has 96 valence electrons. The minimum absolute atomic E-state index is 0.0942. The molecule has 2 rings (SSSR count). The van der Waals surface area contributed by atoms with E-state index in [1.54, 1.807) is 7.11 Å². The van der Waals surface area contributed by atoms with Crippen LogP contribution < -0.4 is 10.5 Å². The molecule has 0 aliphatic carbocycles. The number of aryl methyl sites for hydroxylation is 1. The Morgan fingerprint density at radius 3 is 2.83 bits per heavy atom. The maximum Gasteiger partial charge on any atom is 0.125 e. The minimum atomic E-state index is -0.0942. The molecule has 4 heteroatoms. The third-order valence-corrected chi connectivity index (χ3v) is 3.01. The van der Waals surface area contributed by atoms with Crippen molar-refractivity contribution in [1.82, 2.24) is 9.55 Å². The predicted molar refractivity (Wildman–Crippen MR) is 72.1 cm³/mol. The van der Waals surface area contributed by atoms with E-state index >= 15 is 0 Å². The van der Waals surface area contributed by atoms with Crippen molar-refractivity contribution in [3.8, 4) is 11.4 Å². The molecule has 0 spiro atoms. The maximum atomic E-state index is 6.07.